The minimum atomic E-state index is -1.22. The Kier molecular flexibility index (Phi) is 4.27. The lowest BCUT2D eigenvalue weighted by Crippen LogP contribution is -2.54. The molecule has 0 saturated carbocycles. The van der Waals surface area contributed by atoms with Gasteiger partial charge in [-0.15, -0.1) is 11.3 Å². The Balaban J connectivity index is 2.02. The van der Waals surface area contributed by atoms with Gasteiger partial charge in [-0.25, -0.2) is 14.6 Å². The number of carboxylic acid groups (broad SMARTS) is 1. The fraction of sp³-hybridized carbons (Fsp3) is 0.615. The molecule has 1 aromatic heterocycles. The third kappa shape index (κ3) is 2.77. The Morgan fingerprint density at radius 2 is 2.05 bits per heavy atom. The fourth-order valence-corrected chi connectivity index (χ4v) is 3.42. The molecule has 0 unspecified atom stereocenters. The van der Waals surface area contributed by atoms with E-state index in [1.807, 2.05) is 0 Å². The average molecular weight is 297 g/mol. The lowest BCUT2D eigenvalue weighted by molar-refractivity contribution is -0.144. The lowest BCUT2D eigenvalue weighted by Gasteiger charge is -2.27. The van der Waals surface area contributed by atoms with E-state index in [2.05, 4.69) is 15.6 Å². The number of amides is 2. The first kappa shape index (κ1) is 14.8. The number of anilines is 1. The number of carboxylic acids is 1. The summed E-state index contributed by atoms with van der Waals surface area (Å²) < 4.78 is 0. The van der Waals surface area contributed by atoms with Gasteiger partial charge < -0.3 is 10.4 Å². The zero-order valence-electron chi connectivity index (χ0n) is 11.7. The van der Waals surface area contributed by atoms with E-state index in [4.69, 9.17) is 0 Å². The molecule has 1 heterocycles. The van der Waals surface area contributed by atoms with Crippen LogP contribution in [0, 0.1) is 0 Å². The molecule has 0 bridgehead atoms. The molecule has 0 fully saturated rings. The van der Waals surface area contributed by atoms with E-state index in [-0.39, 0.29) is 0 Å². The minimum absolute atomic E-state index is 0.334. The third-order valence-corrected chi connectivity index (χ3v) is 4.86. The number of carbonyl (C=O) groups is 2. The topological polar surface area (TPSA) is 91.3 Å². The number of nitrogens with one attached hydrogen (secondary N) is 2. The molecule has 6 nitrogen and oxygen atoms in total. The number of aryl methyl sites for hydroxylation is 2. The zero-order chi connectivity index (χ0) is 14.8. The zero-order valence-corrected chi connectivity index (χ0v) is 12.5. The highest BCUT2D eigenvalue weighted by atomic mass is 32.1. The summed E-state index contributed by atoms with van der Waals surface area (Å²) in [6, 6.07) is -0.511. The van der Waals surface area contributed by atoms with Crippen molar-refractivity contribution in [1.82, 2.24) is 10.3 Å². The van der Waals surface area contributed by atoms with Gasteiger partial charge in [-0.05, 0) is 32.1 Å². The van der Waals surface area contributed by atoms with Gasteiger partial charge in [0, 0.05) is 4.88 Å². The molecule has 0 aliphatic heterocycles. The van der Waals surface area contributed by atoms with E-state index in [9.17, 15) is 14.7 Å². The fourth-order valence-electron chi connectivity index (χ4n) is 2.37. The van der Waals surface area contributed by atoms with Crippen molar-refractivity contribution in [3.8, 4) is 0 Å². The van der Waals surface area contributed by atoms with Gasteiger partial charge in [0.25, 0.3) is 0 Å². The average Bonchev–Trinajstić information content (AvgIpc) is 2.96. The largest absolute Gasteiger partial charge is 0.480 e. The number of rotatable bonds is 5. The van der Waals surface area contributed by atoms with Crippen LogP contribution in [0.3, 0.4) is 0 Å². The number of hydrogen-bond donors (Lipinski definition) is 3. The second-order valence-electron chi connectivity index (χ2n) is 4.92. The van der Waals surface area contributed by atoms with Crippen molar-refractivity contribution in [2.75, 3.05) is 5.32 Å². The molecule has 0 saturated heterocycles. The standard InChI is InChI=1S/C13H19N3O3S/c1-3-13(4-2,10(17)18)16-11(19)15-12-14-8-6-5-7-9(8)20-12/h3-7H2,1-2H3,(H,17,18)(H2,14,15,16,19). The molecule has 1 aromatic rings. The highest BCUT2D eigenvalue weighted by Crippen LogP contribution is 2.30. The van der Waals surface area contributed by atoms with Crippen LogP contribution >= 0.6 is 11.3 Å². The number of hydrogen-bond acceptors (Lipinski definition) is 4. The normalized spacial score (nSPS) is 13.9. The molecule has 1 aliphatic rings. The molecule has 0 atom stereocenters. The van der Waals surface area contributed by atoms with Crippen LogP contribution in [0.5, 0.6) is 0 Å². The summed E-state index contributed by atoms with van der Waals surface area (Å²) in [6.07, 6.45) is 3.76. The third-order valence-electron chi connectivity index (χ3n) is 3.79. The van der Waals surface area contributed by atoms with Crippen molar-refractivity contribution in [3.63, 3.8) is 0 Å². The van der Waals surface area contributed by atoms with Crippen molar-refractivity contribution in [2.45, 2.75) is 51.5 Å². The van der Waals surface area contributed by atoms with Crippen molar-refractivity contribution in [1.29, 1.82) is 0 Å². The van der Waals surface area contributed by atoms with Crippen molar-refractivity contribution < 1.29 is 14.7 Å². The molecule has 2 amide bonds. The van der Waals surface area contributed by atoms with E-state index >= 15 is 0 Å². The summed E-state index contributed by atoms with van der Waals surface area (Å²) >= 11 is 1.47. The van der Waals surface area contributed by atoms with E-state index in [0.717, 1.165) is 25.0 Å². The number of urea groups is 1. The molecule has 1 aliphatic carbocycles. The van der Waals surface area contributed by atoms with Gasteiger partial charge in [-0.1, -0.05) is 13.8 Å². The molecular formula is C13H19N3O3S. The summed E-state index contributed by atoms with van der Waals surface area (Å²) in [5, 5.41) is 15.0. The summed E-state index contributed by atoms with van der Waals surface area (Å²) in [5.74, 6) is -1.01. The van der Waals surface area contributed by atoms with Crippen LogP contribution < -0.4 is 10.6 Å². The van der Waals surface area contributed by atoms with Crippen LogP contribution in [0.15, 0.2) is 0 Å². The predicted octanol–water partition coefficient (Wildman–Crippen LogP) is 2.40. The molecule has 2 rings (SSSR count). The summed E-state index contributed by atoms with van der Waals surface area (Å²) in [6.45, 7) is 3.49. The number of aliphatic carboxylic acids is 1. The van der Waals surface area contributed by atoms with Gasteiger partial charge in [0.15, 0.2) is 5.13 Å². The van der Waals surface area contributed by atoms with Crippen LogP contribution in [-0.4, -0.2) is 27.6 Å². The van der Waals surface area contributed by atoms with Gasteiger partial charge >= 0.3 is 12.0 Å². The molecule has 110 valence electrons. The minimum Gasteiger partial charge on any atom is -0.480 e. The first-order valence-electron chi connectivity index (χ1n) is 6.82. The van der Waals surface area contributed by atoms with E-state index < -0.39 is 17.5 Å². The number of aromatic nitrogens is 1. The first-order valence-corrected chi connectivity index (χ1v) is 7.63. The molecular weight excluding hydrogens is 278 g/mol. The smallest absolute Gasteiger partial charge is 0.329 e. The number of fused-ring (bicyclic) bond motifs is 1. The van der Waals surface area contributed by atoms with Crippen LogP contribution in [0.25, 0.3) is 0 Å². The Labute approximate surface area is 121 Å². The van der Waals surface area contributed by atoms with Crippen molar-refractivity contribution in [3.05, 3.63) is 10.6 Å². The molecule has 7 heteroatoms. The van der Waals surface area contributed by atoms with Gasteiger partial charge in [0.2, 0.25) is 0 Å². The van der Waals surface area contributed by atoms with E-state index in [0.29, 0.717) is 18.0 Å². The maximum atomic E-state index is 12.0. The van der Waals surface area contributed by atoms with Crippen molar-refractivity contribution in [2.24, 2.45) is 0 Å². The molecule has 0 radical (unpaired) electrons. The van der Waals surface area contributed by atoms with Crippen LogP contribution in [-0.2, 0) is 17.6 Å². The van der Waals surface area contributed by atoms with Gasteiger partial charge in [-0.3, -0.25) is 5.32 Å². The Bertz CT molecular complexity index is 501. The quantitative estimate of drug-likeness (QED) is 0.778. The molecule has 0 aromatic carbocycles. The number of nitrogens with zero attached hydrogens (tertiary/aromatic N) is 1. The van der Waals surface area contributed by atoms with Gasteiger partial charge in [0.05, 0.1) is 5.69 Å². The highest BCUT2D eigenvalue weighted by molar-refractivity contribution is 7.15. The summed E-state index contributed by atoms with van der Waals surface area (Å²) in [5.41, 5.74) is -0.162. The maximum absolute atomic E-state index is 12.0. The van der Waals surface area contributed by atoms with E-state index in [1.54, 1.807) is 13.8 Å². The predicted molar refractivity (Wildman–Crippen MR) is 77.2 cm³/mol. The van der Waals surface area contributed by atoms with Crippen molar-refractivity contribution >= 4 is 28.5 Å². The van der Waals surface area contributed by atoms with Crippen LogP contribution in [0.4, 0.5) is 9.93 Å². The lowest BCUT2D eigenvalue weighted by atomic mass is 9.93. The number of carbonyl (C=O) groups excluding carboxylic acids is 1. The Morgan fingerprint density at radius 3 is 2.60 bits per heavy atom. The maximum Gasteiger partial charge on any atom is 0.329 e. The Hall–Kier alpha value is -1.63. The second-order valence-corrected chi connectivity index (χ2v) is 6.00. The Morgan fingerprint density at radius 1 is 1.35 bits per heavy atom. The highest BCUT2D eigenvalue weighted by Gasteiger charge is 2.36. The first-order chi connectivity index (χ1) is 9.50. The molecule has 0 spiro atoms. The summed E-state index contributed by atoms with van der Waals surface area (Å²) in [7, 11) is 0. The SMILES string of the molecule is CCC(CC)(NC(=O)Nc1nc2c(s1)CCC2)C(=O)O. The molecule has 20 heavy (non-hydrogen) atoms. The van der Waals surface area contributed by atoms with Crippen LogP contribution in [0.1, 0.15) is 43.7 Å². The van der Waals surface area contributed by atoms with Gasteiger partial charge in [0.1, 0.15) is 5.54 Å². The monoisotopic (exact) mass is 297 g/mol. The van der Waals surface area contributed by atoms with Crippen LogP contribution in [0.2, 0.25) is 0 Å². The van der Waals surface area contributed by atoms with E-state index in [1.165, 1.54) is 16.2 Å². The summed E-state index contributed by atoms with van der Waals surface area (Å²) in [4.78, 5) is 28.9. The second kappa shape index (κ2) is 5.78. The van der Waals surface area contributed by atoms with Gasteiger partial charge in [-0.2, -0.15) is 0 Å². The molecule has 3 N–H and O–H groups in total. The number of thiazole rings is 1.